The fourth-order valence-corrected chi connectivity index (χ4v) is 10.5. The van der Waals surface area contributed by atoms with Crippen LogP contribution in [0.5, 0.6) is 0 Å². The molecule has 3 amide bonds. The predicted molar refractivity (Wildman–Crippen MR) is 323 cm³/mol. The van der Waals surface area contributed by atoms with Crippen molar-refractivity contribution in [3.8, 4) is 0 Å². The number of aliphatic hydroxyl groups is 1. The molecule has 0 atom stereocenters. The number of carbonyl (C=O) groups is 3. The Morgan fingerprint density at radius 1 is 0.450 bits per heavy atom. The maximum Gasteiger partial charge on any atom is 0.268 e. The first kappa shape index (κ1) is 55.3. The van der Waals surface area contributed by atoms with Crippen molar-refractivity contribution in [2.45, 2.75) is 19.6 Å². The minimum atomic E-state index is -0.191. The Kier molecular flexibility index (Phi) is 16.5. The van der Waals surface area contributed by atoms with Gasteiger partial charge in [0.05, 0.1) is 60.4 Å². The van der Waals surface area contributed by atoms with Gasteiger partial charge in [0.15, 0.2) is 17.5 Å². The lowest BCUT2D eigenvalue weighted by Gasteiger charge is -2.25. The zero-order valence-electron chi connectivity index (χ0n) is 44.3. The van der Waals surface area contributed by atoms with Gasteiger partial charge in [-0.3, -0.25) is 43.1 Å². The van der Waals surface area contributed by atoms with Gasteiger partial charge in [0.2, 0.25) is 0 Å². The number of aliphatic hydroxyl groups excluding tert-OH is 1. The van der Waals surface area contributed by atoms with Crippen molar-refractivity contribution in [3.05, 3.63) is 196 Å². The van der Waals surface area contributed by atoms with Crippen LogP contribution >= 0.6 is 50.7 Å². The number of aromatic nitrogens is 6. The van der Waals surface area contributed by atoms with Gasteiger partial charge in [-0.25, -0.2) is 0 Å². The van der Waals surface area contributed by atoms with E-state index in [9.17, 15) is 19.5 Å². The zero-order valence-corrected chi connectivity index (χ0v) is 48.2. The number of para-hydroxylation sites is 3. The molecule has 0 spiro atoms. The van der Waals surface area contributed by atoms with E-state index in [0.717, 1.165) is 57.4 Å². The Morgan fingerprint density at radius 3 is 1.06 bits per heavy atom. The summed E-state index contributed by atoms with van der Waals surface area (Å²) in [6.45, 7) is 2.51. The molecule has 0 bridgehead atoms. The first-order valence-electron chi connectivity index (χ1n) is 25.5. The Labute approximate surface area is 486 Å². The number of hydrogen-bond donors (Lipinski definition) is 1. The smallest absolute Gasteiger partial charge is 0.268 e. The molecule has 3 aliphatic rings. The lowest BCUT2D eigenvalue weighted by atomic mass is 10.2. The van der Waals surface area contributed by atoms with Crippen LogP contribution < -0.4 is 29.4 Å². The Bertz CT molecular complexity index is 3570. The molecule has 9 aromatic rings. The van der Waals surface area contributed by atoms with Gasteiger partial charge in [-0.1, -0.05) is 105 Å². The average Bonchev–Trinajstić information content (AvgIpc) is 4.19. The van der Waals surface area contributed by atoms with E-state index >= 15 is 0 Å². The van der Waals surface area contributed by atoms with Gasteiger partial charge in [0, 0.05) is 83.7 Å². The van der Waals surface area contributed by atoms with Crippen molar-refractivity contribution in [3.63, 3.8) is 0 Å². The number of anilines is 12. The molecule has 80 heavy (non-hydrogen) atoms. The molecule has 0 radical (unpaired) electrons. The summed E-state index contributed by atoms with van der Waals surface area (Å²) in [5.74, 6) is 1.39. The molecular weight excluding hydrogens is 1140 g/mol. The third-order valence-corrected chi connectivity index (χ3v) is 14.6. The first-order valence-corrected chi connectivity index (χ1v) is 27.7. The highest BCUT2D eigenvalue weighted by molar-refractivity contribution is 9.09. The van der Waals surface area contributed by atoms with Gasteiger partial charge < -0.3 is 24.7 Å². The number of hydrogen-bond acceptors (Lipinski definition) is 11. The fourth-order valence-electron chi connectivity index (χ4n) is 9.67. The van der Waals surface area contributed by atoms with E-state index in [1.165, 1.54) is 0 Å². The van der Waals surface area contributed by atoms with E-state index in [4.69, 9.17) is 39.9 Å². The molecule has 21 heteroatoms. The van der Waals surface area contributed by atoms with E-state index in [-0.39, 0.29) is 24.3 Å². The number of fused-ring (bicyclic) bond motifs is 6. The number of amides is 3. The van der Waals surface area contributed by atoms with E-state index < -0.39 is 0 Å². The quantitative estimate of drug-likeness (QED) is 0.131. The van der Waals surface area contributed by atoms with Crippen molar-refractivity contribution in [1.29, 1.82) is 0 Å². The van der Waals surface area contributed by atoms with Gasteiger partial charge in [-0.05, 0) is 105 Å². The highest BCUT2D eigenvalue weighted by atomic mass is 79.9. The van der Waals surface area contributed by atoms with E-state index in [0.29, 0.717) is 74.5 Å². The standard InChI is InChI=1S/C21H22ClN5O.C19H16BrClN4O.C19H17ClN4O2/c1-24(2)11-12-26-14-17-20(23-26)25(3)18-10-9-15(22)13-19(18)27(21(17)28)16-7-5-4-6-8-16;1-23-16-8-7-13(21)11-17(16)25(14-5-3-2-4-6-14)19(26)15-12-24(10-9-20)22-18(15)23;1-22-16-8-7-13(20)11-17(16)24(14-5-3-2-4-6-14)19(26)15-12-23(9-10-25)21-18(15)22/h4-10,13-14H,11-12H2,1-3H3;2-8,11-12H,9-10H2,1H3;2-8,11-12,25H,9-10H2,1H3. The molecule has 0 fully saturated rings. The molecule has 17 nitrogen and oxygen atoms in total. The van der Waals surface area contributed by atoms with Crippen LogP contribution in [-0.4, -0.2) is 111 Å². The number of alkyl halides is 1. The summed E-state index contributed by atoms with van der Waals surface area (Å²) >= 11 is 22.2. The second-order valence-electron chi connectivity index (χ2n) is 19.1. The average molecular weight is 1200 g/mol. The zero-order chi connectivity index (χ0) is 56.4. The maximum atomic E-state index is 13.6. The number of likely N-dealkylation sites (N-methyl/N-ethyl adjacent to an activating group) is 1. The van der Waals surface area contributed by atoms with Crippen molar-refractivity contribution >= 4 is 137 Å². The largest absolute Gasteiger partial charge is 0.394 e. The fraction of sp³-hybridized carbons (Fsp3) is 0.186. The van der Waals surface area contributed by atoms with E-state index in [1.807, 2.05) is 194 Å². The summed E-state index contributed by atoms with van der Waals surface area (Å²) in [6.07, 6.45) is 5.31. The van der Waals surface area contributed by atoms with Crippen LogP contribution in [-0.2, 0) is 19.6 Å². The lowest BCUT2D eigenvalue weighted by Crippen LogP contribution is -2.25. The number of nitrogens with zero attached hydrogens (tertiary/aromatic N) is 13. The second kappa shape index (κ2) is 23.8. The third kappa shape index (κ3) is 11.0. The molecule has 0 unspecified atom stereocenters. The summed E-state index contributed by atoms with van der Waals surface area (Å²) < 4.78 is 5.21. The Morgan fingerprint density at radius 2 is 0.762 bits per heavy atom. The molecule has 3 aliphatic heterocycles. The van der Waals surface area contributed by atoms with Gasteiger partial charge in [0.1, 0.15) is 16.7 Å². The van der Waals surface area contributed by atoms with E-state index in [2.05, 4.69) is 31.0 Å². The number of aryl methyl sites for hydroxylation is 1. The molecule has 0 aliphatic carbocycles. The molecular formula is C59H55BrCl3N13O4. The highest BCUT2D eigenvalue weighted by Crippen LogP contribution is 2.47. The summed E-state index contributed by atoms with van der Waals surface area (Å²) in [5.41, 5.74) is 8.66. The van der Waals surface area contributed by atoms with Crippen molar-refractivity contribution in [2.24, 2.45) is 0 Å². The number of rotatable bonds is 10. The van der Waals surface area contributed by atoms with Gasteiger partial charge in [-0.2, -0.15) is 15.3 Å². The van der Waals surface area contributed by atoms with Crippen LogP contribution in [0.4, 0.5) is 68.6 Å². The van der Waals surface area contributed by atoms with Crippen molar-refractivity contribution in [2.75, 3.05) is 83.1 Å². The van der Waals surface area contributed by atoms with Crippen LogP contribution in [0.2, 0.25) is 15.1 Å². The molecule has 3 aromatic heterocycles. The lowest BCUT2D eigenvalue weighted by molar-refractivity contribution is 0.0992. The van der Waals surface area contributed by atoms with Crippen LogP contribution in [0.3, 0.4) is 0 Å². The van der Waals surface area contributed by atoms with Crippen LogP contribution in [0.1, 0.15) is 31.1 Å². The van der Waals surface area contributed by atoms with Crippen LogP contribution in [0.25, 0.3) is 0 Å². The topological polar surface area (TPSA) is 148 Å². The van der Waals surface area contributed by atoms with Crippen molar-refractivity contribution < 1.29 is 19.5 Å². The molecule has 12 rings (SSSR count). The monoisotopic (exact) mass is 1190 g/mol. The number of benzene rings is 6. The summed E-state index contributed by atoms with van der Waals surface area (Å²) in [4.78, 5) is 53.4. The molecule has 1 N–H and O–H groups in total. The van der Waals surface area contributed by atoms with Gasteiger partial charge in [0.25, 0.3) is 17.7 Å². The SMILES string of the molecule is CN(C)CCn1cc2c(n1)N(C)c1ccc(Cl)cc1N(c1ccccc1)C2=O.CN1c2ccc(Cl)cc2N(c2ccccc2)C(=O)c2cn(CCBr)nc21.CN1c2ccc(Cl)cc2N(c2ccccc2)C(=O)c2cn(CCO)nc21. The third-order valence-electron chi connectivity index (χ3n) is 13.6. The summed E-state index contributed by atoms with van der Waals surface area (Å²) in [5, 5.41) is 25.5. The van der Waals surface area contributed by atoms with Crippen molar-refractivity contribution in [1.82, 2.24) is 34.2 Å². The molecule has 0 saturated heterocycles. The molecule has 408 valence electrons. The first-order chi connectivity index (χ1) is 38.6. The van der Waals surface area contributed by atoms with E-state index in [1.54, 1.807) is 48.6 Å². The second-order valence-corrected chi connectivity index (χ2v) is 21.2. The number of halogens is 4. The summed E-state index contributed by atoms with van der Waals surface area (Å²) in [6, 6.07) is 45.2. The highest BCUT2D eigenvalue weighted by Gasteiger charge is 2.36. The number of carbonyl (C=O) groups excluding carboxylic acids is 3. The Hall–Kier alpha value is -7.97. The Balaban J connectivity index is 0.000000135. The van der Waals surface area contributed by atoms with Gasteiger partial charge >= 0.3 is 0 Å². The van der Waals surface area contributed by atoms with Gasteiger partial charge in [-0.15, -0.1) is 0 Å². The summed E-state index contributed by atoms with van der Waals surface area (Å²) in [7, 11) is 9.74. The normalized spacial score (nSPS) is 13.5. The van der Waals surface area contributed by atoms with Crippen LogP contribution in [0, 0.1) is 0 Å². The molecule has 6 heterocycles. The minimum absolute atomic E-state index is 0.0486. The maximum absolute atomic E-state index is 13.6. The molecule has 6 aromatic carbocycles. The predicted octanol–water partition coefficient (Wildman–Crippen LogP) is 12.7. The molecule has 0 saturated carbocycles. The van der Waals surface area contributed by atoms with Crippen LogP contribution in [0.15, 0.2) is 164 Å². The minimum Gasteiger partial charge on any atom is -0.394 e.